The molecule has 1 heterocycles. The molecule has 1 N–H and O–H groups in total. The number of ether oxygens (including phenoxy) is 1. The molecule has 0 aromatic heterocycles. The average Bonchev–Trinajstić information content (AvgIpc) is 2.81. The van der Waals surface area contributed by atoms with Crippen molar-refractivity contribution < 1.29 is 14.6 Å². The number of nitriles is 1. The summed E-state index contributed by atoms with van der Waals surface area (Å²) in [5.74, 6) is -0.142. The van der Waals surface area contributed by atoms with Gasteiger partial charge in [0.2, 0.25) is 0 Å². The molecule has 0 radical (unpaired) electrons. The highest BCUT2D eigenvalue weighted by atomic mass is 16.5. The smallest absolute Gasteiger partial charge is 0.178 e. The summed E-state index contributed by atoms with van der Waals surface area (Å²) in [6, 6.07) is 1.99. The van der Waals surface area contributed by atoms with Crippen molar-refractivity contribution in [2.24, 2.45) is 5.41 Å². The standard InChI is InChI=1S/C18H21NO3/c1-16(2)10-17(8-13(9-19)15(16)20)11-18(21,12-22-17)14-6-4-3-5-7-14/h4,6-8,21H,3,5,10-12H2,1-2H3. The Hall–Kier alpha value is -1.70. The molecule has 3 aliphatic rings. The van der Waals surface area contributed by atoms with Gasteiger partial charge in [-0.05, 0) is 30.9 Å². The van der Waals surface area contributed by atoms with Gasteiger partial charge in [-0.25, -0.2) is 0 Å². The molecule has 0 aromatic carbocycles. The van der Waals surface area contributed by atoms with E-state index in [-0.39, 0.29) is 18.0 Å². The lowest BCUT2D eigenvalue weighted by molar-refractivity contribution is -0.127. The van der Waals surface area contributed by atoms with Crippen molar-refractivity contribution in [1.82, 2.24) is 0 Å². The molecule has 22 heavy (non-hydrogen) atoms. The average molecular weight is 299 g/mol. The lowest BCUT2D eigenvalue weighted by atomic mass is 9.67. The van der Waals surface area contributed by atoms with Gasteiger partial charge in [0.15, 0.2) is 5.78 Å². The molecule has 2 aliphatic carbocycles. The maximum atomic E-state index is 12.2. The number of carbonyl (C=O) groups is 1. The van der Waals surface area contributed by atoms with E-state index in [1.54, 1.807) is 6.08 Å². The third-order valence-corrected chi connectivity index (χ3v) is 4.85. The maximum absolute atomic E-state index is 12.2. The number of carbonyl (C=O) groups excluding carboxylic acids is 1. The zero-order chi connectivity index (χ0) is 16.0. The van der Waals surface area contributed by atoms with Crippen LogP contribution in [0.5, 0.6) is 0 Å². The van der Waals surface area contributed by atoms with Crippen LogP contribution in [0, 0.1) is 16.7 Å². The number of ketones is 1. The van der Waals surface area contributed by atoms with Crippen LogP contribution in [0.3, 0.4) is 0 Å². The van der Waals surface area contributed by atoms with Crippen LogP contribution in [0.2, 0.25) is 0 Å². The van der Waals surface area contributed by atoms with Gasteiger partial charge in [0.25, 0.3) is 0 Å². The lowest BCUT2D eigenvalue weighted by Gasteiger charge is -2.38. The topological polar surface area (TPSA) is 70.3 Å². The maximum Gasteiger partial charge on any atom is 0.178 e. The van der Waals surface area contributed by atoms with Gasteiger partial charge in [-0.3, -0.25) is 4.79 Å². The van der Waals surface area contributed by atoms with Crippen molar-refractivity contribution in [3.8, 4) is 6.07 Å². The molecule has 0 saturated carbocycles. The van der Waals surface area contributed by atoms with Crippen molar-refractivity contribution in [2.45, 2.75) is 50.7 Å². The minimum absolute atomic E-state index is 0.142. The third-order valence-electron chi connectivity index (χ3n) is 4.85. The summed E-state index contributed by atoms with van der Waals surface area (Å²) in [4.78, 5) is 12.2. The monoisotopic (exact) mass is 299 g/mol. The molecule has 0 amide bonds. The molecule has 0 bridgehead atoms. The Morgan fingerprint density at radius 1 is 1.32 bits per heavy atom. The molecule has 1 aliphatic heterocycles. The van der Waals surface area contributed by atoms with Gasteiger partial charge in [-0.1, -0.05) is 32.1 Å². The van der Waals surface area contributed by atoms with E-state index in [2.05, 4.69) is 12.2 Å². The van der Waals surface area contributed by atoms with Gasteiger partial charge >= 0.3 is 0 Å². The molecule has 4 nitrogen and oxygen atoms in total. The molecular formula is C18H21NO3. The van der Waals surface area contributed by atoms with Crippen LogP contribution in [0.1, 0.15) is 39.5 Å². The molecular weight excluding hydrogens is 278 g/mol. The predicted molar refractivity (Wildman–Crippen MR) is 81.8 cm³/mol. The van der Waals surface area contributed by atoms with Crippen molar-refractivity contribution in [3.05, 3.63) is 35.5 Å². The first kappa shape index (κ1) is 15.2. The Kier molecular flexibility index (Phi) is 3.39. The Morgan fingerprint density at radius 2 is 2.09 bits per heavy atom. The van der Waals surface area contributed by atoms with Crippen molar-refractivity contribution in [1.29, 1.82) is 5.26 Å². The summed E-state index contributed by atoms with van der Waals surface area (Å²) in [5, 5.41) is 20.2. The van der Waals surface area contributed by atoms with E-state index in [1.165, 1.54) is 0 Å². The second-order valence-corrected chi connectivity index (χ2v) is 7.26. The second-order valence-electron chi connectivity index (χ2n) is 7.26. The van der Waals surface area contributed by atoms with Gasteiger partial charge in [0, 0.05) is 11.8 Å². The zero-order valence-electron chi connectivity index (χ0n) is 13.1. The summed E-state index contributed by atoms with van der Waals surface area (Å²) >= 11 is 0. The van der Waals surface area contributed by atoms with Gasteiger partial charge < -0.3 is 9.84 Å². The Morgan fingerprint density at radius 3 is 2.73 bits per heavy atom. The second kappa shape index (κ2) is 4.91. The van der Waals surface area contributed by atoms with Crippen LogP contribution in [0.25, 0.3) is 0 Å². The first-order valence-electron chi connectivity index (χ1n) is 7.72. The highest BCUT2D eigenvalue weighted by Crippen LogP contribution is 2.49. The summed E-state index contributed by atoms with van der Waals surface area (Å²) in [6.07, 6.45) is 10.5. The van der Waals surface area contributed by atoms with Crippen LogP contribution in [0.4, 0.5) is 0 Å². The van der Waals surface area contributed by atoms with Crippen LogP contribution in [-0.4, -0.2) is 28.7 Å². The fraction of sp³-hybridized carbons (Fsp3) is 0.556. The number of rotatable bonds is 1. The quantitative estimate of drug-likeness (QED) is 0.808. The molecule has 2 atom stereocenters. The van der Waals surface area contributed by atoms with Gasteiger partial charge in [0.05, 0.1) is 17.8 Å². The molecule has 1 saturated heterocycles. The van der Waals surface area contributed by atoms with Gasteiger partial charge in [0.1, 0.15) is 11.7 Å². The number of allylic oxidation sites excluding steroid dienone is 3. The molecule has 0 aromatic rings. The van der Waals surface area contributed by atoms with Crippen molar-refractivity contribution in [3.63, 3.8) is 0 Å². The summed E-state index contributed by atoms with van der Waals surface area (Å²) in [5.41, 5.74) is -1.39. The lowest BCUT2D eigenvalue weighted by Crippen LogP contribution is -2.43. The Bertz CT molecular complexity index is 650. The fourth-order valence-corrected chi connectivity index (χ4v) is 3.87. The first-order chi connectivity index (χ1) is 10.3. The summed E-state index contributed by atoms with van der Waals surface area (Å²) in [6.45, 7) is 3.87. The Balaban J connectivity index is 1.95. The molecule has 1 fully saturated rings. The summed E-state index contributed by atoms with van der Waals surface area (Å²) < 4.78 is 5.96. The molecule has 116 valence electrons. The largest absolute Gasteiger partial charge is 0.383 e. The Labute approximate surface area is 130 Å². The number of hydrogen-bond acceptors (Lipinski definition) is 4. The van der Waals surface area contributed by atoms with Crippen LogP contribution in [0.15, 0.2) is 35.5 Å². The van der Waals surface area contributed by atoms with E-state index in [0.717, 1.165) is 18.4 Å². The van der Waals surface area contributed by atoms with E-state index in [4.69, 9.17) is 4.74 Å². The van der Waals surface area contributed by atoms with Gasteiger partial charge in [-0.2, -0.15) is 5.26 Å². The van der Waals surface area contributed by atoms with Crippen LogP contribution >= 0.6 is 0 Å². The van der Waals surface area contributed by atoms with Gasteiger partial charge in [-0.15, -0.1) is 0 Å². The third kappa shape index (κ3) is 2.35. The fourth-order valence-electron chi connectivity index (χ4n) is 3.87. The minimum Gasteiger partial charge on any atom is -0.383 e. The van der Waals surface area contributed by atoms with E-state index >= 15 is 0 Å². The molecule has 4 heteroatoms. The molecule has 2 unspecified atom stereocenters. The number of Topliss-reactive ketones (excluding diaryl/α,β-unsaturated/α-hetero) is 1. The number of hydrogen-bond donors (Lipinski definition) is 1. The van der Waals surface area contributed by atoms with E-state index in [9.17, 15) is 15.2 Å². The van der Waals surface area contributed by atoms with Crippen LogP contribution in [-0.2, 0) is 9.53 Å². The zero-order valence-corrected chi connectivity index (χ0v) is 13.1. The van der Waals surface area contributed by atoms with Crippen molar-refractivity contribution >= 4 is 5.78 Å². The van der Waals surface area contributed by atoms with E-state index < -0.39 is 16.6 Å². The highest BCUT2D eigenvalue weighted by Gasteiger charge is 2.54. The normalized spacial score (nSPS) is 36.9. The predicted octanol–water partition coefficient (Wildman–Crippen LogP) is 2.60. The van der Waals surface area contributed by atoms with Crippen molar-refractivity contribution in [2.75, 3.05) is 6.61 Å². The number of nitrogens with zero attached hydrogens (tertiary/aromatic N) is 1. The SMILES string of the molecule is CC1(C)CC2(C=C(C#N)C1=O)CC(O)(C1=CCCC=C1)CO2. The van der Waals surface area contributed by atoms with E-state index in [1.807, 2.05) is 26.0 Å². The highest BCUT2D eigenvalue weighted by molar-refractivity contribution is 6.03. The summed E-state index contributed by atoms with van der Waals surface area (Å²) in [7, 11) is 0. The molecule has 1 spiro atoms. The number of aliphatic hydroxyl groups is 1. The minimum atomic E-state index is -1.04. The molecule has 3 rings (SSSR count). The van der Waals surface area contributed by atoms with E-state index in [0.29, 0.717) is 12.8 Å². The van der Waals surface area contributed by atoms with Crippen LogP contribution < -0.4 is 0 Å². The first-order valence-corrected chi connectivity index (χ1v) is 7.72.